The summed E-state index contributed by atoms with van der Waals surface area (Å²) in [5, 5.41) is 19.1. The molecule has 2 aromatic heterocycles. The van der Waals surface area contributed by atoms with Crippen LogP contribution in [0.2, 0.25) is 0 Å². The van der Waals surface area contributed by atoms with Crippen LogP contribution in [-0.4, -0.2) is 71.2 Å². The van der Waals surface area contributed by atoms with Crippen LogP contribution in [-0.2, 0) is 14.9 Å². The van der Waals surface area contributed by atoms with Gasteiger partial charge in [-0.2, -0.15) is 10.5 Å². The number of carbonyl (C=O) groups excluding carboxylic acids is 1. The summed E-state index contributed by atoms with van der Waals surface area (Å²) in [7, 11) is 0. The molecule has 2 atom stereocenters. The number of hydrogen-bond acceptors (Lipinski definition) is 9. The molecule has 2 saturated heterocycles. The van der Waals surface area contributed by atoms with Crippen LogP contribution in [0.5, 0.6) is 0 Å². The minimum Gasteiger partial charge on any atom is -0.379 e. The molecular formula is C26H28N8O2. The molecule has 0 bridgehead atoms. The first-order valence-corrected chi connectivity index (χ1v) is 12.5. The molecule has 6 rings (SSSR count). The third-order valence-corrected chi connectivity index (χ3v) is 8.35. The fraction of sp³-hybridized carbons (Fsp3) is 0.538. The van der Waals surface area contributed by atoms with Gasteiger partial charge in [0, 0.05) is 62.4 Å². The molecule has 5 heterocycles. The number of ether oxygens (including phenoxy) is 1. The zero-order valence-electron chi connectivity index (χ0n) is 20.4. The molecule has 4 aliphatic rings. The van der Waals surface area contributed by atoms with E-state index in [1.54, 1.807) is 18.6 Å². The van der Waals surface area contributed by atoms with Crippen LogP contribution in [0.3, 0.4) is 0 Å². The van der Waals surface area contributed by atoms with Gasteiger partial charge in [-0.1, -0.05) is 6.42 Å². The van der Waals surface area contributed by atoms with Gasteiger partial charge in [0.1, 0.15) is 23.8 Å². The number of piperazine rings is 1. The van der Waals surface area contributed by atoms with E-state index in [0.717, 1.165) is 48.8 Å². The average Bonchev–Trinajstić information content (AvgIpc) is 3.52. The van der Waals surface area contributed by atoms with E-state index in [1.807, 2.05) is 17.9 Å². The van der Waals surface area contributed by atoms with E-state index in [4.69, 9.17) is 14.7 Å². The lowest BCUT2D eigenvalue weighted by atomic mass is 9.66. The van der Waals surface area contributed by atoms with Crippen molar-refractivity contribution in [3.63, 3.8) is 0 Å². The Kier molecular flexibility index (Phi) is 5.31. The number of anilines is 3. The Labute approximate surface area is 210 Å². The zero-order valence-corrected chi connectivity index (χ0v) is 20.4. The van der Waals surface area contributed by atoms with Crippen LogP contribution in [0.1, 0.15) is 43.7 Å². The largest absolute Gasteiger partial charge is 0.379 e. The number of nitrogens with zero attached hydrogens (tertiary/aromatic N) is 8. The number of hydrogen-bond donors (Lipinski definition) is 0. The van der Waals surface area contributed by atoms with Crippen molar-refractivity contribution < 1.29 is 9.53 Å². The highest BCUT2D eigenvalue weighted by Crippen LogP contribution is 2.56. The van der Waals surface area contributed by atoms with E-state index in [9.17, 15) is 15.3 Å². The molecule has 1 spiro atoms. The molecule has 3 fully saturated rings. The van der Waals surface area contributed by atoms with E-state index < -0.39 is 5.41 Å². The van der Waals surface area contributed by atoms with E-state index in [0.29, 0.717) is 38.2 Å². The predicted molar refractivity (Wildman–Crippen MR) is 130 cm³/mol. The van der Waals surface area contributed by atoms with Gasteiger partial charge < -0.3 is 19.4 Å². The molecule has 0 aromatic carbocycles. The van der Waals surface area contributed by atoms with Gasteiger partial charge >= 0.3 is 0 Å². The lowest BCUT2D eigenvalue weighted by Gasteiger charge is -2.44. The second-order valence-corrected chi connectivity index (χ2v) is 10.4. The SMILES string of the molecule is CC1CN(c2ncnc3c2C2(CCC2)CN3c2cc(C#N)ccn2)CCN1C(=O)C1(C#N)CCOC1. The Hall–Kier alpha value is -3.76. The molecule has 1 aliphatic carbocycles. The maximum absolute atomic E-state index is 13.3. The highest BCUT2D eigenvalue weighted by atomic mass is 16.5. The summed E-state index contributed by atoms with van der Waals surface area (Å²) in [4.78, 5) is 33.6. The van der Waals surface area contributed by atoms with Crippen molar-refractivity contribution >= 4 is 23.4 Å². The summed E-state index contributed by atoms with van der Waals surface area (Å²) in [6.45, 7) is 5.24. The number of rotatable bonds is 3. The number of carbonyl (C=O) groups is 1. The molecule has 2 unspecified atom stereocenters. The Balaban J connectivity index is 1.30. The molecule has 0 radical (unpaired) electrons. The van der Waals surface area contributed by atoms with Gasteiger partial charge in [-0.05, 0) is 31.9 Å². The standard InChI is InChI=1S/C26H28N8O2/c1-18-13-32(8-9-33(18)24(35)26(14-28)6-10-36-16-26)22-21-23(31-17-30-22)34(15-25(21)4-2-5-25)20-11-19(12-27)3-7-29-20/h3,7,11,17-18H,2,4-6,8-10,13,15-16H2,1H3. The van der Waals surface area contributed by atoms with Crippen molar-refractivity contribution in [2.45, 2.75) is 44.1 Å². The lowest BCUT2D eigenvalue weighted by molar-refractivity contribution is -0.141. The maximum Gasteiger partial charge on any atom is 0.245 e. The first-order chi connectivity index (χ1) is 17.5. The van der Waals surface area contributed by atoms with Gasteiger partial charge in [-0.15, -0.1) is 0 Å². The quantitative estimate of drug-likeness (QED) is 0.645. The summed E-state index contributed by atoms with van der Waals surface area (Å²) in [6, 6.07) is 7.91. The van der Waals surface area contributed by atoms with Gasteiger partial charge in [0.2, 0.25) is 5.91 Å². The van der Waals surface area contributed by atoms with E-state index >= 15 is 0 Å². The summed E-state index contributed by atoms with van der Waals surface area (Å²) >= 11 is 0. The molecule has 184 valence electrons. The molecule has 0 N–H and O–H groups in total. The van der Waals surface area contributed by atoms with Crippen LogP contribution >= 0.6 is 0 Å². The topological polar surface area (TPSA) is 122 Å². The molecule has 10 nitrogen and oxygen atoms in total. The second-order valence-electron chi connectivity index (χ2n) is 10.4. The maximum atomic E-state index is 13.3. The summed E-state index contributed by atoms with van der Waals surface area (Å²) in [5.74, 6) is 2.40. The number of amides is 1. The van der Waals surface area contributed by atoms with Crippen molar-refractivity contribution in [3.05, 3.63) is 35.8 Å². The van der Waals surface area contributed by atoms with Crippen LogP contribution in [0.15, 0.2) is 24.7 Å². The van der Waals surface area contributed by atoms with Gasteiger partial charge in [-0.3, -0.25) is 4.79 Å². The Morgan fingerprint density at radius 2 is 2.00 bits per heavy atom. The molecular weight excluding hydrogens is 456 g/mol. The smallest absolute Gasteiger partial charge is 0.245 e. The molecule has 36 heavy (non-hydrogen) atoms. The van der Waals surface area contributed by atoms with Gasteiger partial charge in [-0.25, -0.2) is 15.0 Å². The number of aromatic nitrogens is 3. The van der Waals surface area contributed by atoms with Crippen LogP contribution in [0, 0.1) is 28.1 Å². The summed E-state index contributed by atoms with van der Waals surface area (Å²) in [6.07, 6.45) is 7.01. The van der Waals surface area contributed by atoms with Gasteiger partial charge in [0.15, 0.2) is 5.41 Å². The van der Waals surface area contributed by atoms with Crippen molar-refractivity contribution in [2.24, 2.45) is 5.41 Å². The summed E-state index contributed by atoms with van der Waals surface area (Å²) in [5.41, 5.74) is 0.639. The fourth-order valence-corrected chi connectivity index (χ4v) is 6.18. The van der Waals surface area contributed by atoms with Crippen LogP contribution in [0.25, 0.3) is 0 Å². The van der Waals surface area contributed by atoms with E-state index in [-0.39, 0.29) is 24.0 Å². The van der Waals surface area contributed by atoms with Crippen molar-refractivity contribution in [2.75, 3.05) is 49.2 Å². The highest BCUT2D eigenvalue weighted by molar-refractivity contribution is 5.86. The molecule has 10 heteroatoms. The third kappa shape index (κ3) is 3.32. The fourth-order valence-electron chi connectivity index (χ4n) is 6.18. The third-order valence-electron chi connectivity index (χ3n) is 8.35. The number of pyridine rings is 1. The molecule has 1 saturated carbocycles. The monoisotopic (exact) mass is 484 g/mol. The number of fused-ring (bicyclic) bond motifs is 2. The molecule has 2 aromatic rings. The predicted octanol–water partition coefficient (Wildman–Crippen LogP) is 2.28. The van der Waals surface area contributed by atoms with Gasteiger partial charge in [0.25, 0.3) is 0 Å². The Bertz CT molecular complexity index is 1290. The lowest BCUT2D eigenvalue weighted by Crippen LogP contribution is -2.58. The first kappa shape index (κ1) is 22.7. The van der Waals surface area contributed by atoms with Gasteiger partial charge in [0.05, 0.1) is 24.3 Å². The van der Waals surface area contributed by atoms with Crippen molar-refractivity contribution in [1.29, 1.82) is 10.5 Å². The Morgan fingerprint density at radius 1 is 1.17 bits per heavy atom. The average molecular weight is 485 g/mol. The van der Waals surface area contributed by atoms with Crippen molar-refractivity contribution in [1.82, 2.24) is 19.9 Å². The van der Waals surface area contributed by atoms with Crippen molar-refractivity contribution in [3.8, 4) is 12.1 Å². The Morgan fingerprint density at radius 3 is 2.67 bits per heavy atom. The first-order valence-electron chi connectivity index (χ1n) is 12.5. The number of nitriles is 2. The summed E-state index contributed by atoms with van der Waals surface area (Å²) < 4.78 is 5.42. The van der Waals surface area contributed by atoms with Crippen LogP contribution < -0.4 is 9.80 Å². The second kappa shape index (κ2) is 8.42. The minimum atomic E-state index is -1.06. The molecule has 3 aliphatic heterocycles. The minimum absolute atomic E-state index is 0.0293. The van der Waals surface area contributed by atoms with Crippen LogP contribution in [0.4, 0.5) is 17.5 Å². The van der Waals surface area contributed by atoms with E-state index in [2.05, 4.69) is 26.9 Å². The zero-order chi connectivity index (χ0) is 24.9. The highest BCUT2D eigenvalue weighted by Gasteiger charge is 2.52. The molecule has 1 amide bonds. The normalized spacial score (nSPS) is 26.3. The van der Waals surface area contributed by atoms with E-state index in [1.165, 1.54) is 0 Å².